The molecule has 0 unspecified atom stereocenters. The molecule has 2 aliphatic carbocycles. The van der Waals surface area contributed by atoms with Crippen LogP contribution in [-0.4, -0.2) is 8.07 Å². The first kappa shape index (κ1) is 15.2. The lowest BCUT2D eigenvalue weighted by Gasteiger charge is -2.34. The maximum atomic E-state index is 2.45. The van der Waals surface area contributed by atoms with Gasteiger partial charge in [-0.25, -0.2) is 0 Å². The van der Waals surface area contributed by atoms with E-state index in [0.29, 0.717) is 0 Å². The van der Waals surface area contributed by atoms with Crippen molar-refractivity contribution in [3.63, 3.8) is 0 Å². The summed E-state index contributed by atoms with van der Waals surface area (Å²) in [5.41, 5.74) is 1.50. The summed E-state index contributed by atoms with van der Waals surface area (Å²) in [6, 6.07) is 23.5. The van der Waals surface area contributed by atoms with Gasteiger partial charge >= 0.3 is 0 Å². The molecule has 0 spiro atoms. The molecule has 0 bridgehead atoms. The lowest BCUT2D eigenvalue weighted by Crippen LogP contribution is -2.59. The Bertz CT molecular complexity index is 783. The second-order valence-corrected chi connectivity index (χ2v) is 10.4. The number of rotatable bonds is 5. The molecule has 0 saturated heterocycles. The van der Waals surface area contributed by atoms with Gasteiger partial charge in [-0.3, -0.25) is 0 Å². The van der Waals surface area contributed by atoms with Gasteiger partial charge in [0.1, 0.15) is 0 Å². The summed E-state index contributed by atoms with van der Waals surface area (Å²) in [5, 5.41) is 4.58. The molecule has 2 aromatic rings. The van der Waals surface area contributed by atoms with E-state index in [1.165, 1.54) is 15.9 Å². The molecule has 0 fully saturated rings. The van der Waals surface area contributed by atoms with Crippen LogP contribution in [0.25, 0.3) is 0 Å². The predicted octanol–water partition coefficient (Wildman–Crippen LogP) is 4.56. The molecule has 1 heteroatoms. The largest absolute Gasteiger partial charge is 0.152 e. The summed E-state index contributed by atoms with van der Waals surface area (Å²) in [5.74, 6) is 0. The van der Waals surface area contributed by atoms with E-state index in [-0.39, 0.29) is 0 Å². The topological polar surface area (TPSA) is 0 Å². The van der Waals surface area contributed by atoms with Crippen molar-refractivity contribution in [2.75, 3.05) is 0 Å². The summed E-state index contributed by atoms with van der Waals surface area (Å²) in [6.07, 6.45) is 16.3. The van der Waals surface area contributed by atoms with Crippen LogP contribution in [0.5, 0.6) is 0 Å². The monoisotopic (exact) mass is 326 g/mol. The van der Waals surface area contributed by atoms with Crippen molar-refractivity contribution >= 4 is 18.4 Å². The third-order valence-electron chi connectivity index (χ3n) is 5.11. The van der Waals surface area contributed by atoms with Gasteiger partial charge in [0.15, 0.2) is 8.07 Å². The fourth-order valence-corrected chi connectivity index (χ4v) is 8.85. The van der Waals surface area contributed by atoms with Crippen molar-refractivity contribution in [1.29, 1.82) is 0 Å². The molecule has 0 N–H and O–H groups in total. The van der Waals surface area contributed by atoms with Crippen molar-refractivity contribution < 1.29 is 0 Å². The highest BCUT2D eigenvalue weighted by molar-refractivity contribution is 7.08. The third kappa shape index (κ3) is 2.65. The first-order valence-corrected chi connectivity index (χ1v) is 10.9. The Hall–Kier alpha value is -2.38. The lowest BCUT2D eigenvalue weighted by molar-refractivity contribution is 1.39. The van der Waals surface area contributed by atoms with E-state index >= 15 is 0 Å². The van der Waals surface area contributed by atoms with Crippen molar-refractivity contribution in [2.24, 2.45) is 0 Å². The molecule has 2 aromatic carbocycles. The van der Waals surface area contributed by atoms with Crippen molar-refractivity contribution in [3.05, 3.63) is 108 Å². The van der Waals surface area contributed by atoms with Crippen LogP contribution in [0.2, 0.25) is 6.04 Å². The molecule has 0 aromatic heterocycles. The first-order chi connectivity index (χ1) is 11.9. The molecule has 0 radical (unpaired) electrons. The average molecular weight is 327 g/mol. The molecular weight excluding hydrogens is 304 g/mol. The Balaban J connectivity index is 1.95. The van der Waals surface area contributed by atoms with Crippen molar-refractivity contribution in [1.82, 2.24) is 0 Å². The second kappa shape index (κ2) is 6.62. The van der Waals surface area contributed by atoms with E-state index in [1.807, 2.05) is 0 Å². The second-order valence-electron chi connectivity index (χ2n) is 6.53. The smallest absolute Gasteiger partial charge is 0.0808 e. The molecule has 24 heavy (non-hydrogen) atoms. The van der Waals surface area contributed by atoms with Gasteiger partial charge in [-0.1, -0.05) is 108 Å². The molecule has 0 amide bonds. The summed E-state index contributed by atoms with van der Waals surface area (Å²) < 4.78 is 0. The van der Waals surface area contributed by atoms with Crippen molar-refractivity contribution in [2.45, 2.75) is 18.9 Å². The van der Waals surface area contributed by atoms with E-state index in [4.69, 9.17) is 0 Å². The van der Waals surface area contributed by atoms with Crippen LogP contribution in [0.3, 0.4) is 0 Å². The van der Waals surface area contributed by atoms with E-state index < -0.39 is 8.07 Å². The molecule has 0 heterocycles. The summed E-state index contributed by atoms with van der Waals surface area (Å²) in [7, 11) is -2.02. The van der Waals surface area contributed by atoms with Gasteiger partial charge in [0.25, 0.3) is 0 Å². The van der Waals surface area contributed by atoms with Crippen molar-refractivity contribution in [3.8, 4) is 0 Å². The minimum atomic E-state index is -2.02. The molecule has 0 aliphatic heterocycles. The van der Waals surface area contributed by atoms with Gasteiger partial charge in [0.2, 0.25) is 0 Å². The van der Waals surface area contributed by atoms with Gasteiger partial charge in [-0.05, 0) is 29.3 Å². The van der Waals surface area contributed by atoms with E-state index in [1.54, 1.807) is 5.20 Å². The SMILES string of the molecule is C1=CC(C[Si](C2=CCC=C2)(c2ccccc2)c2ccccc2)=CC1. The lowest BCUT2D eigenvalue weighted by atomic mass is 10.3. The van der Waals surface area contributed by atoms with Gasteiger partial charge < -0.3 is 0 Å². The quantitative estimate of drug-likeness (QED) is 0.707. The van der Waals surface area contributed by atoms with Crippen LogP contribution < -0.4 is 10.4 Å². The van der Waals surface area contributed by atoms with Gasteiger partial charge in [0.05, 0.1) is 0 Å². The van der Waals surface area contributed by atoms with E-state index in [0.717, 1.165) is 18.9 Å². The Kier molecular flexibility index (Phi) is 4.18. The summed E-state index contributed by atoms with van der Waals surface area (Å²) in [4.78, 5) is 0. The highest BCUT2D eigenvalue weighted by Gasteiger charge is 2.40. The van der Waals surface area contributed by atoms with Crippen LogP contribution in [0.4, 0.5) is 0 Å². The highest BCUT2D eigenvalue weighted by Crippen LogP contribution is 2.30. The average Bonchev–Trinajstić information content (AvgIpc) is 3.35. The zero-order valence-corrected chi connectivity index (χ0v) is 14.9. The Morgan fingerprint density at radius 1 is 0.667 bits per heavy atom. The number of hydrogen-bond acceptors (Lipinski definition) is 0. The van der Waals surface area contributed by atoms with E-state index in [2.05, 4.69) is 97.1 Å². The molecule has 118 valence electrons. The van der Waals surface area contributed by atoms with Crippen LogP contribution in [0, 0.1) is 0 Å². The molecule has 4 rings (SSSR count). The first-order valence-electron chi connectivity index (χ1n) is 8.73. The standard InChI is InChI=1S/C23H22Si/c1-3-13-21(14-4-1)24(23-17-9-10-18-23,19-20-11-7-8-12-20)22-15-5-2-6-16-22/h1-7,9,11-18H,8,10,19H2. The maximum absolute atomic E-state index is 2.45. The molecular formula is C23H22Si. The number of allylic oxidation sites excluding steroid dienone is 8. The zero-order chi connectivity index (χ0) is 16.2. The Morgan fingerprint density at radius 2 is 1.25 bits per heavy atom. The minimum absolute atomic E-state index is 1.07. The normalized spacial score (nSPS) is 16.3. The van der Waals surface area contributed by atoms with Crippen LogP contribution >= 0.6 is 0 Å². The summed E-state index contributed by atoms with van der Waals surface area (Å²) >= 11 is 0. The summed E-state index contributed by atoms with van der Waals surface area (Å²) in [6.45, 7) is 0. The minimum Gasteiger partial charge on any atom is -0.0808 e. The van der Waals surface area contributed by atoms with Gasteiger partial charge in [0, 0.05) is 0 Å². The van der Waals surface area contributed by atoms with Crippen LogP contribution in [0.1, 0.15) is 12.8 Å². The zero-order valence-electron chi connectivity index (χ0n) is 13.9. The molecule has 0 atom stereocenters. The fraction of sp³-hybridized carbons (Fsp3) is 0.130. The number of benzene rings is 2. The molecule has 0 saturated carbocycles. The Labute approximate surface area is 145 Å². The molecule has 2 aliphatic rings. The number of hydrogen-bond donors (Lipinski definition) is 0. The van der Waals surface area contributed by atoms with Crippen LogP contribution in [-0.2, 0) is 0 Å². The maximum Gasteiger partial charge on any atom is 0.152 e. The predicted molar refractivity (Wildman–Crippen MR) is 106 cm³/mol. The molecule has 0 nitrogen and oxygen atoms in total. The Morgan fingerprint density at radius 3 is 1.75 bits per heavy atom. The van der Waals surface area contributed by atoms with Gasteiger partial charge in [-0.2, -0.15) is 0 Å². The highest BCUT2D eigenvalue weighted by atomic mass is 28.3. The fourth-order valence-electron chi connectivity index (χ4n) is 3.97. The van der Waals surface area contributed by atoms with Gasteiger partial charge in [-0.15, -0.1) is 0 Å². The van der Waals surface area contributed by atoms with E-state index in [9.17, 15) is 0 Å². The third-order valence-corrected chi connectivity index (χ3v) is 10.0. The van der Waals surface area contributed by atoms with Crippen LogP contribution in [0.15, 0.2) is 108 Å².